The summed E-state index contributed by atoms with van der Waals surface area (Å²) in [5.74, 6) is 0.854. The van der Waals surface area contributed by atoms with Crippen molar-refractivity contribution in [2.24, 2.45) is 7.05 Å². The second kappa shape index (κ2) is 6.22. The predicted octanol–water partition coefficient (Wildman–Crippen LogP) is 4.79. The van der Waals surface area contributed by atoms with Crippen LogP contribution in [0.15, 0.2) is 36.5 Å². The molecule has 2 aromatic carbocycles. The number of rotatable bonds is 4. The van der Waals surface area contributed by atoms with Crippen LogP contribution in [0.5, 0.6) is 11.5 Å². The molecule has 0 fully saturated rings. The third kappa shape index (κ3) is 2.92. The van der Waals surface area contributed by atoms with Gasteiger partial charge in [0.1, 0.15) is 17.3 Å². The van der Waals surface area contributed by atoms with E-state index in [0.717, 1.165) is 27.8 Å². The zero-order valence-corrected chi connectivity index (χ0v) is 14.0. The number of hydrogen-bond acceptors (Lipinski definition) is 2. The maximum atomic E-state index is 13.7. The number of benzene rings is 2. The Balaban J connectivity index is 2.05. The van der Waals surface area contributed by atoms with E-state index >= 15 is 0 Å². The molecular weight excluding hydrogens is 315 g/mol. The van der Waals surface area contributed by atoms with Gasteiger partial charge in [0, 0.05) is 47.9 Å². The summed E-state index contributed by atoms with van der Waals surface area (Å²) in [6.45, 7) is 2.51. The molecule has 3 aromatic rings. The van der Waals surface area contributed by atoms with Gasteiger partial charge in [-0.15, -0.1) is 0 Å². The van der Waals surface area contributed by atoms with Gasteiger partial charge >= 0.3 is 0 Å². The summed E-state index contributed by atoms with van der Waals surface area (Å²) in [5.41, 5.74) is 2.91. The minimum Gasteiger partial charge on any atom is -0.457 e. The van der Waals surface area contributed by atoms with Crippen LogP contribution in [0.3, 0.4) is 0 Å². The minimum atomic E-state index is -0.445. The number of nitrogens with one attached hydrogen (secondary N) is 1. The number of ether oxygens (including phenoxy) is 1. The van der Waals surface area contributed by atoms with Gasteiger partial charge in [-0.25, -0.2) is 4.39 Å². The highest BCUT2D eigenvalue weighted by atomic mass is 35.5. The first-order valence-electron chi connectivity index (χ1n) is 7.36. The fourth-order valence-corrected chi connectivity index (χ4v) is 2.85. The zero-order valence-electron chi connectivity index (χ0n) is 13.3. The Morgan fingerprint density at radius 3 is 2.74 bits per heavy atom. The van der Waals surface area contributed by atoms with Crippen molar-refractivity contribution in [1.29, 1.82) is 0 Å². The van der Waals surface area contributed by atoms with Crippen molar-refractivity contribution >= 4 is 22.5 Å². The van der Waals surface area contributed by atoms with Crippen LogP contribution in [0.4, 0.5) is 4.39 Å². The lowest BCUT2D eigenvalue weighted by Crippen LogP contribution is -2.07. The highest BCUT2D eigenvalue weighted by Gasteiger charge is 2.13. The van der Waals surface area contributed by atoms with Crippen molar-refractivity contribution in [3.05, 3.63) is 58.5 Å². The fourth-order valence-electron chi connectivity index (χ4n) is 2.70. The molecule has 23 heavy (non-hydrogen) atoms. The van der Waals surface area contributed by atoms with E-state index in [1.54, 1.807) is 7.05 Å². The summed E-state index contributed by atoms with van der Waals surface area (Å²) < 4.78 is 21.8. The molecule has 0 spiro atoms. The first-order valence-corrected chi connectivity index (χ1v) is 7.74. The summed E-state index contributed by atoms with van der Waals surface area (Å²) in [4.78, 5) is 0. The van der Waals surface area contributed by atoms with Crippen LogP contribution >= 0.6 is 11.6 Å². The zero-order chi connectivity index (χ0) is 16.6. The highest BCUT2D eigenvalue weighted by molar-refractivity contribution is 6.30. The second-order valence-electron chi connectivity index (χ2n) is 5.55. The summed E-state index contributed by atoms with van der Waals surface area (Å²) in [6, 6.07) is 8.94. The molecule has 3 rings (SSSR count). The average molecular weight is 333 g/mol. The third-order valence-electron chi connectivity index (χ3n) is 3.98. The van der Waals surface area contributed by atoms with Crippen molar-refractivity contribution in [3.8, 4) is 11.5 Å². The largest absolute Gasteiger partial charge is 0.457 e. The van der Waals surface area contributed by atoms with E-state index in [0.29, 0.717) is 12.3 Å². The Labute approximate surface area is 139 Å². The van der Waals surface area contributed by atoms with Gasteiger partial charge in [0.25, 0.3) is 0 Å². The van der Waals surface area contributed by atoms with Crippen LogP contribution in [0.1, 0.15) is 11.1 Å². The molecule has 0 unspecified atom stereocenters. The molecule has 0 atom stereocenters. The van der Waals surface area contributed by atoms with Gasteiger partial charge in [0.2, 0.25) is 0 Å². The van der Waals surface area contributed by atoms with Gasteiger partial charge < -0.3 is 14.6 Å². The highest BCUT2D eigenvalue weighted by Crippen LogP contribution is 2.34. The summed E-state index contributed by atoms with van der Waals surface area (Å²) in [6.07, 6.45) is 2.02. The molecule has 0 saturated carbocycles. The van der Waals surface area contributed by atoms with Gasteiger partial charge in [0.05, 0.1) is 5.02 Å². The maximum Gasteiger partial charge on any atom is 0.142 e. The summed E-state index contributed by atoms with van der Waals surface area (Å²) in [7, 11) is 3.81. The number of halogens is 2. The Hall–Kier alpha value is -2.04. The van der Waals surface area contributed by atoms with Gasteiger partial charge in [-0.05, 0) is 38.2 Å². The van der Waals surface area contributed by atoms with Crippen LogP contribution in [0, 0.1) is 12.7 Å². The Kier molecular flexibility index (Phi) is 4.28. The van der Waals surface area contributed by atoms with Crippen LogP contribution in [0.25, 0.3) is 10.9 Å². The Morgan fingerprint density at radius 2 is 2.00 bits per heavy atom. The normalized spacial score (nSPS) is 11.2. The monoisotopic (exact) mass is 332 g/mol. The maximum absolute atomic E-state index is 13.7. The smallest absolute Gasteiger partial charge is 0.142 e. The molecule has 0 aliphatic rings. The van der Waals surface area contributed by atoms with E-state index in [1.807, 2.05) is 32.3 Å². The van der Waals surface area contributed by atoms with E-state index < -0.39 is 5.82 Å². The molecule has 0 aliphatic carbocycles. The molecule has 0 amide bonds. The molecule has 1 heterocycles. The summed E-state index contributed by atoms with van der Waals surface area (Å²) >= 11 is 5.91. The predicted molar refractivity (Wildman–Crippen MR) is 91.9 cm³/mol. The van der Waals surface area contributed by atoms with Crippen molar-refractivity contribution in [3.63, 3.8) is 0 Å². The lowest BCUT2D eigenvalue weighted by atomic mass is 10.1. The molecule has 120 valence electrons. The standard InChI is InChI=1S/C18H18ClFN2O/c1-11-13-6-7-22(3)16(13)4-5-17(11)23-18-9-14(19)15(20)8-12(18)10-21-2/h4-9,21H,10H2,1-3H3. The van der Waals surface area contributed by atoms with Gasteiger partial charge in [0.15, 0.2) is 0 Å². The van der Waals surface area contributed by atoms with Crippen LogP contribution in [0.2, 0.25) is 5.02 Å². The molecule has 1 aromatic heterocycles. The van der Waals surface area contributed by atoms with Crippen molar-refractivity contribution in [2.75, 3.05) is 7.05 Å². The fraction of sp³-hybridized carbons (Fsp3) is 0.222. The van der Waals surface area contributed by atoms with E-state index in [1.165, 1.54) is 12.1 Å². The Morgan fingerprint density at radius 1 is 1.22 bits per heavy atom. The van der Waals surface area contributed by atoms with Crippen LogP contribution in [-0.2, 0) is 13.6 Å². The van der Waals surface area contributed by atoms with Gasteiger partial charge in [-0.1, -0.05) is 11.6 Å². The molecule has 5 heteroatoms. The lowest BCUT2D eigenvalue weighted by molar-refractivity contribution is 0.469. The molecule has 0 bridgehead atoms. The number of aromatic nitrogens is 1. The average Bonchev–Trinajstić information content (AvgIpc) is 2.89. The molecule has 0 saturated heterocycles. The van der Waals surface area contributed by atoms with Crippen molar-refractivity contribution < 1.29 is 9.13 Å². The summed E-state index contributed by atoms with van der Waals surface area (Å²) in [5, 5.41) is 4.20. The van der Waals surface area contributed by atoms with E-state index in [9.17, 15) is 4.39 Å². The molecule has 0 aliphatic heterocycles. The molecule has 0 radical (unpaired) electrons. The van der Waals surface area contributed by atoms with E-state index in [-0.39, 0.29) is 5.02 Å². The minimum absolute atomic E-state index is 0.0540. The number of hydrogen-bond donors (Lipinski definition) is 1. The van der Waals surface area contributed by atoms with Gasteiger partial charge in [-0.2, -0.15) is 0 Å². The first-order chi connectivity index (χ1) is 11.0. The van der Waals surface area contributed by atoms with Crippen molar-refractivity contribution in [1.82, 2.24) is 9.88 Å². The number of aryl methyl sites for hydroxylation is 2. The van der Waals surface area contributed by atoms with Gasteiger partial charge in [-0.3, -0.25) is 0 Å². The number of fused-ring (bicyclic) bond motifs is 1. The Bertz CT molecular complexity index is 873. The quantitative estimate of drug-likeness (QED) is 0.743. The number of nitrogens with zero attached hydrogens (tertiary/aromatic N) is 1. The molecule has 3 nitrogen and oxygen atoms in total. The first kappa shape index (κ1) is 15.8. The third-order valence-corrected chi connectivity index (χ3v) is 4.27. The van der Waals surface area contributed by atoms with E-state index in [4.69, 9.17) is 16.3 Å². The molecule has 1 N–H and O–H groups in total. The van der Waals surface area contributed by atoms with Crippen molar-refractivity contribution in [2.45, 2.75) is 13.5 Å². The lowest BCUT2D eigenvalue weighted by Gasteiger charge is -2.14. The van der Waals surface area contributed by atoms with E-state index in [2.05, 4.69) is 16.0 Å². The second-order valence-corrected chi connectivity index (χ2v) is 5.96. The molecular formula is C18H18ClFN2O. The van der Waals surface area contributed by atoms with Crippen LogP contribution < -0.4 is 10.1 Å². The SMILES string of the molecule is CNCc1cc(F)c(Cl)cc1Oc1ccc2c(ccn2C)c1C. The topological polar surface area (TPSA) is 26.2 Å². The van der Waals surface area contributed by atoms with Crippen LogP contribution in [-0.4, -0.2) is 11.6 Å².